The number of nitrogens with one attached hydrogen (secondary N) is 2. The second kappa shape index (κ2) is 8.12. The lowest BCUT2D eigenvalue weighted by atomic mass is 9.93. The highest BCUT2D eigenvalue weighted by molar-refractivity contribution is 5.89. The molecule has 1 saturated carbocycles. The van der Waals surface area contributed by atoms with Gasteiger partial charge < -0.3 is 15.4 Å². The highest BCUT2D eigenvalue weighted by atomic mass is 19.1. The number of rotatable bonds is 4. The van der Waals surface area contributed by atoms with Crippen LogP contribution in [0.15, 0.2) is 42.5 Å². The largest absolute Gasteiger partial charge is 0.490 e. The van der Waals surface area contributed by atoms with Gasteiger partial charge in [-0.25, -0.2) is 18.0 Å². The van der Waals surface area contributed by atoms with Crippen LogP contribution in [0.2, 0.25) is 0 Å². The molecular weight excluding hydrogens is 345 g/mol. The lowest BCUT2D eigenvalue weighted by molar-refractivity contribution is 0.141. The Morgan fingerprint density at radius 2 is 1.54 bits per heavy atom. The summed E-state index contributed by atoms with van der Waals surface area (Å²) in [6.07, 6.45) is 2.79. The monoisotopic (exact) mass is 364 g/mol. The summed E-state index contributed by atoms with van der Waals surface area (Å²) in [6, 6.07) is 8.49. The Bertz CT molecular complexity index is 740. The molecule has 1 aliphatic carbocycles. The second-order valence-corrected chi connectivity index (χ2v) is 6.24. The van der Waals surface area contributed by atoms with Gasteiger partial charge >= 0.3 is 6.03 Å². The van der Waals surface area contributed by atoms with Gasteiger partial charge in [0.1, 0.15) is 28.9 Å². The van der Waals surface area contributed by atoms with Gasteiger partial charge in [-0.05, 0) is 62.1 Å². The van der Waals surface area contributed by atoms with E-state index in [9.17, 15) is 18.0 Å². The molecule has 1 fully saturated rings. The van der Waals surface area contributed by atoms with Gasteiger partial charge in [-0.3, -0.25) is 0 Å². The van der Waals surface area contributed by atoms with Crippen LogP contribution in [0.4, 0.5) is 23.7 Å². The summed E-state index contributed by atoms with van der Waals surface area (Å²) in [5, 5.41) is 4.94. The van der Waals surface area contributed by atoms with Crippen LogP contribution in [0.3, 0.4) is 0 Å². The predicted molar refractivity (Wildman–Crippen MR) is 91.6 cm³/mol. The van der Waals surface area contributed by atoms with E-state index in [1.54, 1.807) is 12.1 Å². The zero-order valence-corrected chi connectivity index (χ0v) is 14.0. The molecule has 0 unspecified atom stereocenters. The number of para-hydroxylation sites is 1. The predicted octanol–water partition coefficient (Wildman–Crippen LogP) is 4.62. The fourth-order valence-corrected chi connectivity index (χ4v) is 2.98. The van der Waals surface area contributed by atoms with Crippen LogP contribution in [0, 0.1) is 17.5 Å². The maximum Gasteiger partial charge on any atom is 0.319 e. The summed E-state index contributed by atoms with van der Waals surface area (Å²) in [6.45, 7) is 0. The number of carbonyl (C=O) groups excluding carboxylic acids is 1. The van der Waals surface area contributed by atoms with Crippen LogP contribution in [0.1, 0.15) is 25.7 Å². The van der Waals surface area contributed by atoms with Crippen LogP contribution < -0.4 is 15.4 Å². The molecule has 0 aliphatic heterocycles. The average molecular weight is 364 g/mol. The van der Waals surface area contributed by atoms with E-state index in [1.165, 1.54) is 18.2 Å². The van der Waals surface area contributed by atoms with Crippen LogP contribution >= 0.6 is 0 Å². The Morgan fingerprint density at radius 3 is 2.15 bits per heavy atom. The second-order valence-electron chi connectivity index (χ2n) is 6.24. The van der Waals surface area contributed by atoms with Gasteiger partial charge in [0.05, 0.1) is 6.10 Å². The third-order valence-electron chi connectivity index (χ3n) is 4.33. The van der Waals surface area contributed by atoms with Crippen molar-refractivity contribution in [3.05, 3.63) is 59.9 Å². The molecule has 1 aliphatic rings. The molecule has 0 radical (unpaired) electrons. The molecule has 0 atom stereocenters. The first-order chi connectivity index (χ1) is 12.5. The minimum Gasteiger partial charge on any atom is -0.490 e. The van der Waals surface area contributed by atoms with Crippen molar-refractivity contribution in [2.24, 2.45) is 0 Å². The summed E-state index contributed by atoms with van der Waals surface area (Å²) in [7, 11) is 0. The van der Waals surface area contributed by atoms with E-state index in [1.807, 2.05) is 0 Å². The molecule has 26 heavy (non-hydrogen) atoms. The summed E-state index contributed by atoms with van der Waals surface area (Å²) < 4.78 is 45.8. The maximum atomic E-state index is 13.6. The Labute approximate surface area is 149 Å². The Balaban J connectivity index is 1.46. The van der Waals surface area contributed by atoms with Crippen molar-refractivity contribution >= 4 is 11.7 Å². The summed E-state index contributed by atoms with van der Waals surface area (Å²) in [4.78, 5) is 12.0. The molecule has 2 aromatic rings. The van der Waals surface area contributed by atoms with Crippen molar-refractivity contribution in [2.75, 3.05) is 5.32 Å². The van der Waals surface area contributed by atoms with E-state index in [2.05, 4.69) is 10.6 Å². The first kappa shape index (κ1) is 18.1. The number of hydrogen-bond donors (Lipinski definition) is 2. The quantitative estimate of drug-likeness (QED) is 0.832. The van der Waals surface area contributed by atoms with Crippen molar-refractivity contribution in [2.45, 2.75) is 37.8 Å². The molecule has 0 spiro atoms. The minimum absolute atomic E-state index is 0.00872. The lowest BCUT2D eigenvalue weighted by Crippen LogP contribution is -2.42. The van der Waals surface area contributed by atoms with Gasteiger partial charge in [0.25, 0.3) is 0 Å². The highest BCUT2D eigenvalue weighted by Gasteiger charge is 2.24. The fraction of sp³-hybridized carbons (Fsp3) is 0.316. The maximum absolute atomic E-state index is 13.6. The topological polar surface area (TPSA) is 50.4 Å². The van der Waals surface area contributed by atoms with Crippen molar-refractivity contribution < 1.29 is 22.7 Å². The summed E-state index contributed by atoms with van der Waals surface area (Å²) in [5.74, 6) is -1.36. The molecule has 0 aromatic heterocycles. The first-order valence-corrected chi connectivity index (χ1v) is 8.45. The fourth-order valence-electron chi connectivity index (χ4n) is 2.98. The molecule has 138 valence electrons. The number of benzene rings is 2. The van der Waals surface area contributed by atoms with E-state index in [0.717, 1.165) is 25.0 Å². The Morgan fingerprint density at radius 1 is 0.923 bits per heavy atom. The number of urea groups is 1. The van der Waals surface area contributed by atoms with Crippen LogP contribution in [-0.4, -0.2) is 18.2 Å². The number of amides is 2. The van der Waals surface area contributed by atoms with Crippen molar-refractivity contribution in [3.63, 3.8) is 0 Å². The van der Waals surface area contributed by atoms with Crippen LogP contribution in [0.5, 0.6) is 5.75 Å². The van der Waals surface area contributed by atoms with Gasteiger partial charge in [-0.2, -0.15) is 0 Å². The van der Waals surface area contributed by atoms with E-state index in [4.69, 9.17) is 4.74 Å². The van der Waals surface area contributed by atoms with E-state index >= 15 is 0 Å². The van der Waals surface area contributed by atoms with Gasteiger partial charge in [-0.1, -0.05) is 6.07 Å². The average Bonchev–Trinajstić information content (AvgIpc) is 2.62. The van der Waals surface area contributed by atoms with Crippen LogP contribution in [-0.2, 0) is 0 Å². The number of hydrogen-bond acceptors (Lipinski definition) is 2. The van der Waals surface area contributed by atoms with Crippen molar-refractivity contribution in [3.8, 4) is 5.75 Å². The third kappa shape index (κ3) is 4.68. The number of carbonyl (C=O) groups is 1. The number of ether oxygens (including phenoxy) is 1. The van der Waals surface area contributed by atoms with Gasteiger partial charge in [0, 0.05) is 6.04 Å². The van der Waals surface area contributed by atoms with Gasteiger partial charge in [-0.15, -0.1) is 0 Å². The van der Waals surface area contributed by atoms with Crippen molar-refractivity contribution in [1.29, 1.82) is 0 Å². The standard InChI is InChI=1S/C19H19F3N2O2/c20-12-4-8-14(9-5-12)26-15-10-6-13(7-11-15)23-19(25)24-18-16(21)2-1-3-17(18)22/h1-5,8-9,13,15H,6-7,10-11H2,(H2,23,24,25)/t13-,15+. The molecule has 0 heterocycles. The zero-order valence-electron chi connectivity index (χ0n) is 14.0. The molecule has 2 amide bonds. The zero-order chi connectivity index (χ0) is 18.5. The van der Waals surface area contributed by atoms with Crippen LogP contribution in [0.25, 0.3) is 0 Å². The Kier molecular flexibility index (Phi) is 5.65. The minimum atomic E-state index is -0.823. The summed E-state index contributed by atoms with van der Waals surface area (Å²) in [5.41, 5.74) is -0.460. The van der Waals surface area contributed by atoms with Gasteiger partial charge in [0.2, 0.25) is 0 Å². The molecule has 2 N–H and O–H groups in total. The highest BCUT2D eigenvalue weighted by Crippen LogP contribution is 2.24. The van der Waals surface area contributed by atoms with E-state index < -0.39 is 23.4 Å². The smallest absolute Gasteiger partial charge is 0.319 e. The number of halogens is 3. The number of anilines is 1. The molecule has 2 aromatic carbocycles. The van der Waals surface area contributed by atoms with E-state index in [0.29, 0.717) is 18.6 Å². The molecule has 0 saturated heterocycles. The SMILES string of the molecule is O=C(Nc1c(F)cccc1F)N[C@H]1CC[C@@H](Oc2ccc(F)cc2)CC1. The molecule has 0 bridgehead atoms. The normalized spacial score (nSPS) is 19.7. The molecular formula is C19H19F3N2O2. The molecule has 7 heteroatoms. The summed E-state index contributed by atoms with van der Waals surface area (Å²) >= 11 is 0. The lowest BCUT2D eigenvalue weighted by Gasteiger charge is -2.29. The molecule has 4 nitrogen and oxygen atoms in total. The van der Waals surface area contributed by atoms with Gasteiger partial charge in [0.15, 0.2) is 0 Å². The molecule has 3 rings (SSSR count). The third-order valence-corrected chi connectivity index (χ3v) is 4.33. The Hall–Kier alpha value is -2.70. The van der Waals surface area contributed by atoms with Crippen molar-refractivity contribution in [1.82, 2.24) is 5.32 Å². The first-order valence-electron chi connectivity index (χ1n) is 8.45. The van der Waals surface area contributed by atoms with E-state index in [-0.39, 0.29) is 18.0 Å².